The molecule has 0 unspecified atom stereocenters. The average molecular weight is 434 g/mol. The predicted octanol–water partition coefficient (Wildman–Crippen LogP) is 3.90. The van der Waals surface area contributed by atoms with Gasteiger partial charge in [-0.05, 0) is 37.8 Å². The zero-order valence-electron chi connectivity index (χ0n) is 16.2. The highest BCUT2D eigenvalue weighted by Crippen LogP contribution is 2.26. The van der Waals surface area contributed by atoms with Crippen molar-refractivity contribution in [2.75, 3.05) is 13.2 Å². The van der Waals surface area contributed by atoms with Crippen LogP contribution >= 0.6 is 0 Å². The molecule has 0 amide bonds. The van der Waals surface area contributed by atoms with Crippen LogP contribution in [0.5, 0.6) is 0 Å². The van der Waals surface area contributed by atoms with E-state index in [1.165, 1.54) is 24.3 Å². The van der Waals surface area contributed by atoms with E-state index in [4.69, 9.17) is 4.74 Å². The number of nitrogens with zero attached hydrogens (tertiary/aromatic N) is 4. The summed E-state index contributed by atoms with van der Waals surface area (Å²) < 4.78 is 5.45. The van der Waals surface area contributed by atoms with Gasteiger partial charge in [0.05, 0.1) is 31.8 Å². The first-order valence-electron chi connectivity index (χ1n) is 9.12. The van der Waals surface area contributed by atoms with Crippen molar-refractivity contribution in [2.45, 2.75) is 25.7 Å². The Morgan fingerprint density at radius 1 is 0.613 bits per heavy atom. The number of aryl methyl sites for hydroxylation is 2. The third-order valence-corrected chi connectivity index (χ3v) is 4.42. The van der Waals surface area contributed by atoms with E-state index < -0.39 is 19.7 Å². The summed E-state index contributed by atoms with van der Waals surface area (Å²) in [5.74, 6) is 0. The highest BCUT2D eigenvalue weighted by atomic mass is 16.6. The second-order valence-corrected chi connectivity index (χ2v) is 6.47. The normalized spacial score (nSPS) is 10.6. The van der Waals surface area contributed by atoms with Crippen LogP contribution < -0.4 is 0 Å². The van der Waals surface area contributed by atoms with E-state index >= 15 is 0 Å². The summed E-state index contributed by atoms with van der Waals surface area (Å²) in [6.07, 6.45) is 1.47. The molecular formula is C18H18N4O9. The lowest BCUT2D eigenvalue weighted by molar-refractivity contribution is -0.394. The summed E-state index contributed by atoms with van der Waals surface area (Å²) in [7, 11) is 0. The van der Waals surface area contributed by atoms with Crippen LogP contribution in [-0.4, -0.2) is 32.9 Å². The summed E-state index contributed by atoms with van der Waals surface area (Å²) in [4.78, 5) is 41.0. The molecule has 0 bridgehead atoms. The van der Waals surface area contributed by atoms with Crippen LogP contribution in [0, 0.1) is 40.5 Å². The average Bonchev–Trinajstić information content (AvgIpc) is 2.72. The molecular weight excluding hydrogens is 416 g/mol. The van der Waals surface area contributed by atoms with Gasteiger partial charge in [-0.3, -0.25) is 40.5 Å². The van der Waals surface area contributed by atoms with Crippen LogP contribution in [-0.2, 0) is 17.6 Å². The number of nitro benzene ring substituents is 4. The zero-order valence-corrected chi connectivity index (χ0v) is 16.2. The Kier molecular flexibility index (Phi) is 8.02. The van der Waals surface area contributed by atoms with Crippen LogP contribution in [0.15, 0.2) is 36.4 Å². The van der Waals surface area contributed by atoms with E-state index in [0.717, 1.165) is 12.1 Å². The fourth-order valence-electron chi connectivity index (χ4n) is 2.93. The minimum absolute atomic E-state index is 0.274. The Balaban J connectivity index is 1.81. The molecule has 31 heavy (non-hydrogen) atoms. The molecule has 0 N–H and O–H groups in total. The first-order chi connectivity index (χ1) is 14.7. The molecule has 0 saturated heterocycles. The quantitative estimate of drug-likeness (QED) is 0.271. The van der Waals surface area contributed by atoms with Gasteiger partial charge in [-0.2, -0.15) is 0 Å². The van der Waals surface area contributed by atoms with Gasteiger partial charge in [-0.25, -0.2) is 0 Å². The highest BCUT2D eigenvalue weighted by molar-refractivity contribution is 5.50. The third-order valence-electron chi connectivity index (χ3n) is 4.42. The number of rotatable bonds is 12. The molecule has 2 rings (SSSR count). The fraction of sp³-hybridized carbons (Fsp3) is 0.333. The number of hydrogen-bond acceptors (Lipinski definition) is 9. The van der Waals surface area contributed by atoms with Crippen LogP contribution in [0.2, 0.25) is 0 Å². The predicted molar refractivity (Wildman–Crippen MR) is 107 cm³/mol. The second kappa shape index (κ2) is 10.7. The van der Waals surface area contributed by atoms with E-state index in [0.29, 0.717) is 36.8 Å². The number of ether oxygens (including phenoxy) is 1. The monoisotopic (exact) mass is 434 g/mol. The largest absolute Gasteiger partial charge is 0.381 e. The van der Waals surface area contributed by atoms with Crippen molar-refractivity contribution >= 4 is 22.7 Å². The Labute approximate surface area is 174 Å². The van der Waals surface area contributed by atoms with Gasteiger partial charge >= 0.3 is 0 Å². The molecule has 2 aromatic rings. The van der Waals surface area contributed by atoms with Crippen LogP contribution in [0.3, 0.4) is 0 Å². The molecule has 0 fully saturated rings. The maximum absolute atomic E-state index is 11.1. The molecule has 0 aliphatic carbocycles. The van der Waals surface area contributed by atoms with Crippen molar-refractivity contribution < 1.29 is 24.4 Å². The smallest absolute Gasteiger partial charge is 0.279 e. The summed E-state index contributed by atoms with van der Waals surface area (Å²) in [5.41, 5.74) is -0.625. The van der Waals surface area contributed by atoms with Crippen molar-refractivity contribution in [1.82, 2.24) is 0 Å². The van der Waals surface area contributed by atoms with Gasteiger partial charge in [0.1, 0.15) is 0 Å². The standard InChI is InChI=1S/C18H18N4O9/c23-19(24)15-7-5-13(17(11-15)21(27)28)3-1-9-31-10-2-4-14-6-8-16(20(25)26)12-18(14)22(29)30/h5-8,11-12H,1-4,9-10H2. The molecule has 0 saturated carbocycles. The van der Waals surface area contributed by atoms with Gasteiger partial charge < -0.3 is 4.74 Å². The van der Waals surface area contributed by atoms with Gasteiger partial charge in [0.15, 0.2) is 0 Å². The number of nitro groups is 4. The zero-order chi connectivity index (χ0) is 23.0. The molecule has 164 valence electrons. The Hall–Kier alpha value is -4.00. The van der Waals surface area contributed by atoms with Gasteiger partial charge in [0, 0.05) is 36.5 Å². The minimum atomic E-state index is -0.699. The lowest BCUT2D eigenvalue weighted by atomic mass is 10.1. The van der Waals surface area contributed by atoms with E-state index in [9.17, 15) is 40.5 Å². The van der Waals surface area contributed by atoms with Crippen molar-refractivity contribution in [1.29, 1.82) is 0 Å². The number of hydrogen-bond donors (Lipinski definition) is 0. The summed E-state index contributed by atoms with van der Waals surface area (Å²) >= 11 is 0. The van der Waals surface area contributed by atoms with Gasteiger partial charge in [-0.1, -0.05) is 0 Å². The first-order valence-corrected chi connectivity index (χ1v) is 9.12. The maximum Gasteiger partial charge on any atom is 0.279 e. The molecule has 2 aromatic carbocycles. The first kappa shape index (κ1) is 23.3. The minimum Gasteiger partial charge on any atom is -0.381 e. The highest BCUT2D eigenvalue weighted by Gasteiger charge is 2.20. The van der Waals surface area contributed by atoms with E-state index in [1.54, 1.807) is 0 Å². The third kappa shape index (κ3) is 6.50. The molecule has 0 spiro atoms. The topological polar surface area (TPSA) is 182 Å². The van der Waals surface area contributed by atoms with Crippen LogP contribution in [0.1, 0.15) is 24.0 Å². The molecule has 0 atom stereocenters. The van der Waals surface area contributed by atoms with Crippen molar-refractivity contribution in [2.24, 2.45) is 0 Å². The summed E-state index contributed by atoms with van der Waals surface area (Å²) in [6, 6.07) is 6.97. The molecule has 0 aliphatic heterocycles. The summed E-state index contributed by atoms with van der Waals surface area (Å²) in [6.45, 7) is 0.549. The fourth-order valence-corrected chi connectivity index (χ4v) is 2.93. The van der Waals surface area contributed by atoms with Crippen molar-refractivity contribution in [3.8, 4) is 0 Å². The lowest BCUT2D eigenvalue weighted by Gasteiger charge is -2.06. The Morgan fingerprint density at radius 3 is 1.32 bits per heavy atom. The van der Waals surface area contributed by atoms with Crippen molar-refractivity contribution in [3.63, 3.8) is 0 Å². The van der Waals surface area contributed by atoms with Gasteiger partial charge in [0.2, 0.25) is 0 Å². The van der Waals surface area contributed by atoms with Gasteiger partial charge in [-0.15, -0.1) is 0 Å². The molecule has 0 aromatic heterocycles. The second-order valence-electron chi connectivity index (χ2n) is 6.47. The van der Waals surface area contributed by atoms with Crippen molar-refractivity contribution in [3.05, 3.63) is 88.0 Å². The lowest BCUT2D eigenvalue weighted by Crippen LogP contribution is -2.03. The molecule has 13 heteroatoms. The van der Waals surface area contributed by atoms with Gasteiger partial charge in [0.25, 0.3) is 22.7 Å². The summed E-state index contributed by atoms with van der Waals surface area (Å²) in [5, 5.41) is 43.7. The van der Waals surface area contributed by atoms with E-state index in [2.05, 4.69) is 0 Å². The number of benzene rings is 2. The molecule has 13 nitrogen and oxygen atoms in total. The van der Waals surface area contributed by atoms with Crippen LogP contribution in [0.4, 0.5) is 22.7 Å². The van der Waals surface area contributed by atoms with E-state index in [1.807, 2.05) is 0 Å². The molecule has 0 radical (unpaired) electrons. The number of non-ortho nitro benzene ring substituents is 2. The Morgan fingerprint density at radius 2 is 1.00 bits per heavy atom. The van der Waals surface area contributed by atoms with E-state index in [-0.39, 0.29) is 36.0 Å². The maximum atomic E-state index is 11.1. The van der Waals surface area contributed by atoms with Crippen LogP contribution in [0.25, 0.3) is 0 Å². The molecule has 0 aliphatic rings. The Bertz CT molecular complexity index is 930. The SMILES string of the molecule is O=[N+]([O-])c1ccc(CCCOCCCc2ccc([N+](=O)[O-])cc2[N+](=O)[O-])c([N+](=O)[O-])c1. The molecule has 0 heterocycles.